The number of hydrogen-bond donors (Lipinski definition) is 5. The number of piperidine rings is 2. The summed E-state index contributed by atoms with van der Waals surface area (Å²) in [5.74, 6) is -0.298. The summed E-state index contributed by atoms with van der Waals surface area (Å²) in [6, 6.07) is 23.1. The van der Waals surface area contributed by atoms with Gasteiger partial charge in [-0.05, 0) is 133 Å². The van der Waals surface area contributed by atoms with Crippen molar-refractivity contribution in [1.29, 1.82) is 0 Å². The number of rotatable bonds is 26. The molecule has 6 aliphatic rings. The number of fused-ring (bicyclic) bond motifs is 8. The van der Waals surface area contributed by atoms with Crippen molar-refractivity contribution >= 4 is 128 Å². The zero-order chi connectivity index (χ0) is 78.9. The zero-order valence-electron chi connectivity index (χ0n) is 63.2. The predicted octanol–water partition coefficient (Wildman–Crippen LogP) is 16.0. The lowest BCUT2D eigenvalue weighted by Gasteiger charge is -2.29. The molecule has 14 rings (SSSR count). The highest BCUT2D eigenvalue weighted by Crippen LogP contribution is 2.43. The van der Waals surface area contributed by atoms with E-state index in [0.717, 1.165) is 130 Å². The number of aromatic nitrogens is 6. The van der Waals surface area contributed by atoms with Crippen LogP contribution in [-0.4, -0.2) is 127 Å². The number of carbonyl (C=O) groups is 10. The molecule has 0 spiro atoms. The maximum Gasteiger partial charge on any atom is 0.306 e. The lowest BCUT2D eigenvalue weighted by atomic mass is 9.99. The molecule has 0 saturated carbocycles. The third-order valence-electron chi connectivity index (χ3n) is 21.1. The Labute approximate surface area is 676 Å². The molecule has 2 unspecified atom stereocenters. The number of carboxylic acid groups (broad SMARTS) is 1. The molecule has 29 heteroatoms. The van der Waals surface area contributed by atoms with E-state index in [0.29, 0.717) is 75.4 Å². The van der Waals surface area contributed by atoms with Gasteiger partial charge in [0.2, 0.25) is 35.4 Å². The molecule has 6 aliphatic heterocycles. The minimum Gasteiger partial charge on any atom is -0.481 e. The molecule has 0 aliphatic carbocycles. The van der Waals surface area contributed by atoms with E-state index in [9.17, 15) is 53.1 Å². The van der Waals surface area contributed by atoms with Crippen molar-refractivity contribution in [2.24, 2.45) is 9.98 Å². The molecular formula is C84H98Cl2N14O11S2. The fourth-order valence-corrected chi connectivity index (χ4v) is 17.6. The normalized spacial score (nSPS) is 17.1. The highest BCUT2D eigenvalue weighted by atomic mass is 35.5. The molecule has 2 saturated heterocycles. The Balaban J connectivity index is 0.000000196. The second-order valence-electron chi connectivity index (χ2n) is 28.8. The Morgan fingerprint density at radius 3 is 1.30 bits per heavy atom. The van der Waals surface area contributed by atoms with Gasteiger partial charge in [-0.2, -0.15) is 0 Å². The van der Waals surface area contributed by atoms with Crippen LogP contribution in [0.4, 0.5) is 11.4 Å². The smallest absolute Gasteiger partial charge is 0.306 e. The summed E-state index contributed by atoms with van der Waals surface area (Å²) in [5.41, 5.74) is 11.3. The number of hydrogen-bond acceptors (Lipinski definition) is 18. The zero-order valence-corrected chi connectivity index (χ0v) is 66.4. The van der Waals surface area contributed by atoms with Crippen molar-refractivity contribution in [2.45, 2.75) is 235 Å². The van der Waals surface area contributed by atoms with Gasteiger partial charge in [0.1, 0.15) is 51.6 Å². The first-order valence-electron chi connectivity index (χ1n) is 38.0. The number of aliphatic carboxylic acids is 1. The number of aryl methyl sites for hydroxylation is 4. The average molecular weight is 1610 g/mol. The third kappa shape index (κ3) is 19.4. The number of halogens is 2. The maximum absolute atomic E-state index is 13.4. The fraction of sp³-hybridized carbons (Fsp3) is 0.429. The van der Waals surface area contributed by atoms with Crippen molar-refractivity contribution in [3.8, 4) is 10.0 Å². The molecule has 5 N–H and O–H groups in total. The molecule has 113 heavy (non-hydrogen) atoms. The highest BCUT2D eigenvalue weighted by Gasteiger charge is 2.43. The monoisotopic (exact) mass is 1610 g/mol. The minimum atomic E-state index is -0.926. The van der Waals surface area contributed by atoms with Crippen LogP contribution in [0.25, 0.3) is 10.0 Å². The summed E-state index contributed by atoms with van der Waals surface area (Å²) in [6.45, 7) is 14.8. The van der Waals surface area contributed by atoms with Gasteiger partial charge in [-0.3, -0.25) is 77.7 Å². The van der Waals surface area contributed by atoms with Gasteiger partial charge in [-0.1, -0.05) is 139 Å². The van der Waals surface area contributed by atoms with Gasteiger partial charge in [0, 0.05) is 127 Å². The van der Waals surface area contributed by atoms with Crippen LogP contribution >= 0.6 is 45.9 Å². The summed E-state index contributed by atoms with van der Waals surface area (Å²) >= 11 is 15.6. The average Bonchev–Trinajstić information content (AvgIpc) is 1.59. The number of unbranched alkanes of at least 4 members (excludes halogenated alkanes) is 10. The largest absolute Gasteiger partial charge is 0.481 e. The second kappa shape index (κ2) is 38.1. The predicted molar refractivity (Wildman–Crippen MR) is 439 cm³/mol. The molecule has 8 aromatic rings. The SMILES string of the molecule is C.C.CCCCCCCCC(=O)Nc1cccc2c1CN(C1CCC(=O)NC1=O)C2=O.Cc1sc2c(c1C)C(c1ccc(Cl)cc1)=N[C@@H](CC(=O)CCCCCCCCC(=O)Nc1cccc3c1CN(C1CCC(=O)NC1=O)C3=O)c1nnc(C)n1-2.Cc1sc2c(c1C)C(c1ccc(Cl)cc1)=N[C@@H](CC(=O)O)c1nnc(C)n1-2. The van der Waals surface area contributed by atoms with Crippen LogP contribution in [0.3, 0.4) is 0 Å². The number of imide groups is 2. The van der Waals surface area contributed by atoms with Gasteiger partial charge in [-0.15, -0.1) is 43.1 Å². The van der Waals surface area contributed by atoms with Crippen molar-refractivity contribution in [1.82, 2.24) is 50.0 Å². The first-order chi connectivity index (χ1) is 53.4. The fourth-order valence-electron chi connectivity index (χ4n) is 15.0. The molecule has 0 bridgehead atoms. The quantitative estimate of drug-likeness (QED) is 0.0248. The molecule has 25 nitrogen and oxygen atoms in total. The lowest BCUT2D eigenvalue weighted by Crippen LogP contribution is -2.52. The van der Waals surface area contributed by atoms with Crippen LogP contribution in [0.15, 0.2) is 94.9 Å². The molecule has 4 atom stereocenters. The molecular weight excluding hydrogens is 1520 g/mol. The summed E-state index contributed by atoms with van der Waals surface area (Å²) in [5, 5.41) is 40.6. The van der Waals surface area contributed by atoms with E-state index >= 15 is 0 Å². The van der Waals surface area contributed by atoms with Crippen LogP contribution < -0.4 is 21.3 Å². The number of carbonyl (C=O) groups excluding carboxylic acids is 9. The summed E-state index contributed by atoms with van der Waals surface area (Å²) in [4.78, 5) is 139. The Morgan fingerprint density at radius 2 is 0.903 bits per heavy atom. The molecule has 2 fully saturated rings. The van der Waals surface area contributed by atoms with Gasteiger partial charge >= 0.3 is 5.97 Å². The number of nitrogens with zero attached hydrogens (tertiary/aromatic N) is 10. The molecule has 8 amide bonds. The first kappa shape index (κ1) is 85.2. The summed E-state index contributed by atoms with van der Waals surface area (Å²) in [6.07, 6.45) is 14.3. The molecule has 4 aromatic heterocycles. The standard InChI is InChI=1S/C41H44ClN7O5S.C22H29N3O4.C19H17ClN4O2S.2CH4/c1-23-24(2)55-41-36(23)37(26-15-17-27(42)18-16-26)44-32(38-47-46-25(3)49(38)41)21-28(50)11-8-6-4-5-7-9-14-34(51)43-31-13-10-12-29-30(31)22-48(40(29)54)33-19-20-35(52)45-39(33)53;1-2-3-4-5-6-7-11-19(26)23-17-10-8-9-15-16(17)14-25(22(15)29)18-12-13-20(27)24-21(18)28;1-9-10(2)27-19-16(9)17(12-4-6-13(20)7-5-12)21-14(8-15(25)26)18-23-22-11(3)24(18)19;;/h10,12-13,15-18,32-33H,4-9,11,14,19-22H2,1-3H3,(H,43,51)(H,45,52,53);8-10,18H,2-7,11-14H2,1H3,(H,23,26)(H,24,27,28);4-7,14H,8H2,1-3H3,(H,25,26);2*1H4/t32-,33?;;14-;;/m0.0../s1. The molecule has 0 radical (unpaired) electrons. The van der Waals surface area contributed by atoms with Crippen LogP contribution in [-0.2, 0) is 51.4 Å². The van der Waals surface area contributed by atoms with E-state index in [1.165, 1.54) is 38.8 Å². The first-order valence-corrected chi connectivity index (χ1v) is 40.4. The van der Waals surface area contributed by atoms with Gasteiger partial charge < -0.3 is 25.5 Å². The van der Waals surface area contributed by atoms with Crippen molar-refractivity contribution in [3.05, 3.63) is 184 Å². The number of nitrogens with one attached hydrogen (secondary N) is 4. The minimum absolute atomic E-state index is 0. The van der Waals surface area contributed by atoms with Gasteiger partial charge in [-0.25, -0.2) is 0 Å². The van der Waals surface area contributed by atoms with Gasteiger partial charge in [0.15, 0.2) is 11.6 Å². The van der Waals surface area contributed by atoms with E-state index in [1.54, 1.807) is 59.1 Å². The van der Waals surface area contributed by atoms with Crippen molar-refractivity contribution in [2.75, 3.05) is 10.6 Å². The van der Waals surface area contributed by atoms with Gasteiger partial charge in [0.25, 0.3) is 11.8 Å². The van der Waals surface area contributed by atoms with E-state index in [4.69, 9.17) is 33.2 Å². The Kier molecular flexibility index (Phi) is 28.7. The number of aliphatic imine (C=N–C) groups is 2. The maximum atomic E-state index is 13.4. The van der Waals surface area contributed by atoms with E-state index < -0.39 is 42.0 Å². The Hall–Kier alpha value is -10.2. The van der Waals surface area contributed by atoms with Crippen molar-refractivity contribution < 1.29 is 53.1 Å². The topological polar surface area (TPSA) is 332 Å². The van der Waals surface area contributed by atoms with Crippen molar-refractivity contribution in [3.63, 3.8) is 0 Å². The van der Waals surface area contributed by atoms with Crippen LogP contribution in [0.2, 0.25) is 10.0 Å². The lowest BCUT2D eigenvalue weighted by molar-refractivity contribution is -0.138. The van der Waals surface area contributed by atoms with E-state index in [1.807, 2.05) is 66.9 Å². The molecule has 596 valence electrons. The summed E-state index contributed by atoms with van der Waals surface area (Å²) < 4.78 is 4.01. The van der Waals surface area contributed by atoms with Gasteiger partial charge in [0.05, 0.1) is 17.8 Å². The Bertz CT molecular complexity index is 5020. The van der Waals surface area contributed by atoms with Crippen LogP contribution in [0.5, 0.6) is 0 Å². The Morgan fingerprint density at radius 1 is 0.513 bits per heavy atom. The number of ketones is 1. The number of thiophene rings is 2. The molecule has 10 heterocycles. The number of amides is 8. The van der Waals surface area contributed by atoms with E-state index in [2.05, 4.69) is 80.8 Å². The third-order valence-corrected chi connectivity index (χ3v) is 24.0. The number of benzene rings is 4. The number of anilines is 2. The summed E-state index contributed by atoms with van der Waals surface area (Å²) in [7, 11) is 0. The molecule has 4 aromatic carbocycles. The van der Waals surface area contributed by atoms with Crippen LogP contribution in [0, 0.1) is 41.5 Å². The highest BCUT2D eigenvalue weighted by molar-refractivity contribution is 7.15. The second-order valence-corrected chi connectivity index (χ2v) is 32.1. The number of Topliss-reactive ketones (excluding diaryl/α,β-unsaturated/α-hetero) is 1. The van der Waals surface area contributed by atoms with Crippen LogP contribution in [0.1, 0.15) is 267 Å². The number of carboxylic acids is 1. The van der Waals surface area contributed by atoms with E-state index in [-0.39, 0.29) is 101 Å².